The summed E-state index contributed by atoms with van der Waals surface area (Å²) in [6, 6.07) is 15.7. The van der Waals surface area contributed by atoms with Crippen LogP contribution in [0.1, 0.15) is 16.7 Å². The predicted octanol–water partition coefficient (Wildman–Crippen LogP) is 4.35. The Hall–Kier alpha value is -2.08. The minimum absolute atomic E-state index is 0.443. The molecule has 0 aliphatic rings. The van der Waals surface area contributed by atoms with Crippen LogP contribution in [-0.2, 0) is 19.7 Å². The molecule has 4 nitrogen and oxygen atoms in total. The van der Waals surface area contributed by atoms with Crippen LogP contribution in [0.4, 0.5) is 0 Å². The van der Waals surface area contributed by atoms with E-state index >= 15 is 0 Å². The van der Waals surface area contributed by atoms with Crippen molar-refractivity contribution in [1.82, 2.24) is 4.98 Å². The van der Waals surface area contributed by atoms with Gasteiger partial charge in [0, 0.05) is 28.5 Å². The number of benzene rings is 2. The number of aromatic nitrogens is 1. The highest BCUT2D eigenvalue weighted by atomic mass is 79.9. The van der Waals surface area contributed by atoms with Gasteiger partial charge in [0.25, 0.3) is 0 Å². The van der Waals surface area contributed by atoms with E-state index in [2.05, 4.69) is 38.4 Å². The second kappa shape index (κ2) is 9.74. The second-order valence-corrected chi connectivity index (χ2v) is 7.37. The van der Waals surface area contributed by atoms with Crippen LogP contribution >= 0.6 is 27.5 Å². The first-order chi connectivity index (χ1) is 13.2. The van der Waals surface area contributed by atoms with Crippen LogP contribution in [0.15, 0.2) is 65.4 Å². The van der Waals surface area contributed by atoms with Crippen LogP contribution < -0.4 is 14.8 Å². The van der Waals surface area contributed by atoms with Gasteiger partial charge in [-0.1, -0.05) is 29.8 Å². The quantitative estimate of drug-likeness (QED) is 0.557. The number of methoxy groups -OCH3 is 1. The third-order valence-corrected chi connectivity index (χ3v) is 4.91. The molecule has 0 aliphatic carbocycles. The highest BCUT2D eigenvalue weighted by Crippen LogP contribution is 2.37. The summed E-state index contributed by atoms with van der Waals surface area (Å²) in [5, 5.41) is 2.94. The van der Waals surface area contributed by atoms with Gasteiger partial charge in [0.2, 0.25) is 0 Å². The SMILES string of the molecule is COc1cc(C[NH2+]Cc2cccnc2)cc(Br)c1OCc1ccc(Cl)cc1. The molecule has 27 heavy (non-hydrogen) atoms. The zero-order valence-electron chi connectivity index (χ0n) is 15.0. The fraction of sp³-hybridized carbons (Fsp3) is 0.190. The van der Waals surface area contributed by atoms with E-state index in [9.17, 15) is 0 Å². The van der Waals surface area contributed by atoms with Gasteiger partial charge in [0.05, 0.1) is 11.6 Å². The molecule has 0 radical (unpaired) electrons. The lowest BCUT2D eigenvalue weighted by Gasteiger charge is -2.14. The lowest BCUT2D eigenvalue weighted by Crippen LogP contribution is -2.80. The van der Waals surface area contributed by atoms with Crippen LogP contribution in [0.25, 0.3) is 0 Å². The number of quaternary nitrogens is 1. The number of pyridine rings is 1. The van der Waals surface area contributed by atoms with E-state index in [-0.39, 0.29) is 0 Å². The molecule has 1 aromatic heterocycles. The molecular weight excluding hydrogens is 428 g/mol. The largest absolute Gasteiger partial charge is 0.493 e. The van der Waals surface area contributed by atoms with Crippen LogP contribution in [0, 0.1) is 0 Å². The van der Waals surface area contributed by atoms with Gasteiger partial charge in [-0.25, -0.2) is 0 Å². The number of halogens is 2. The molecule has 0 spiro atoms. The number of ether oxygens (including phenoxy) is 2. The van der Waals surface area contributed by atoms with Crippen LogP contribution in [0.3, 0.4) is 0 Å². The Morgan fingerprint density at radius 2 is 1.81 bits per heavy atom. The summed E-state index contributed by atoms with van der Waals surface area (Å²) in [5.41, 5.74) is 3.40. The van der Waals surface area contributed by atoms with Crippen molar-refractivity contribution in [2.75, 3.05) is 7.11 Å². The summed E-state index contributed by atoms with van der Waals surface area (Å²) in [4.78, 5) is 4.14. The van der Waals surface area contributed by atoms with Crippen LogP contribution in [-0.4, -0.2) is 12.1 Å². The van der Waals surface area contributed by atoms with Gasteiger partial charge in [-0.05, 0) is 51.8 Å². The Morgan fingerprint density at radius 3 is 2.52 bits per heavy atom. The fourth-order valence-corrected chi connectivity index (χ4v) is 3.42. The van der Waals surface area contributed by atoms with Gasteiger partial charge in [-0.15, -0.1) is 0 Å². The number of nitrogens with two attached hydrogens (primary N) is 1. The van der Waals surface area contributed by atoms with Crippen LogP contribution in [0.5, 0.6) is 11.5 Å². The summed E-state index contributed by atoms with van der Waals surface area (Å²) in [5.74, 6) is 1.41. The molecule has 0 aliphatic heterocycles. The highest BCUT2D eigenvalue weighted by molar-refractivity contribution is 9.10. The Morgan fingerprint density at radius 1 is 1.04 bits per heavy atom. The second-order valence-electron chi connectivity index (χ2n) is 6.08. The van der Waals surface area contributed by atoms with Crippen molar-refractivity contribution in [3.05, 3.63) is 87.1 Å². The molecule has 0 saturated heterocycles. The topological polar surface area (TPSA) is 48.0 Å². The van der Waals surface area contributed by atoms with E-state index in [1.807, 2.05) is 42.6 Å². The van der Waals surface area contributed by atoms with E-state index in [1.165, 1.54) is 5.56 Å². The first kappa shape index (κ1) is 19.7. The molecule has 140 valence electrons. The zero-order valence-corrected chi connectivity index (χ0v) is 17.3. The predicted molar refractivity (Wildman–Crippen MR) is 110 cm³/mol. The van der Waals surface area contributed by atoms with E-state index in [4.69, 9.17) is 21.1 Å². The van der Waals surface area contributed by atoms with Gasteiger partial charge in [0.15, 0.2) is 11.5 Å². The fourth-order valence-electron chi connectivity index (χ4n) is 2.69. The van der Waals surface area contributed by atoms with Crippen molar-refractivity contribution >= 4 is 27.5 Å². The van der Waals surface area contributed by atoms with E-state index in [0.29, 0.717) is 23.1 Å². The number of nitrogens with zero attached hydrogens (tertiary/aromatic N) is 1. The summed E-state index contributed by atoms with van der Waals surface area (Å²) >= 11 is 9.54. The summed E-state index contributed by atoms with van der Waals surface area (Å²) < 4.78 is 12.4. The maximum absolute atomic E-state index is 5.98. The van der Waals surface area contributed by atoms with E-state index in [1.54, 1.807) is 13.3 Å². The van der Waals surface area contributed by atoms with Crippen molar-refractivity contribution in [3.63, 3.8) is 0 Å². The monoisotopic (exact) mass is 447 g/mol. The van der Waals surface area contributed by atoms with Gasteiger partial charge in [-0.2, -0.15) is 0 Å². The lowest BCUT2D eigenvalue weighted by molar-refractivity contribution is -0.686. The highest BCUT2D eigenvalue weighted by Gasteiger charge is 2.13. The third kappa shape index (κ3) is 5.70. The molecular formula is C21H21BrClN2O2+. The van der Waals surface area contributed by atoms with Crippen molar-refractivity contribution in [3.8, 4) is 11.5 Å². The van der Waals surface area contributed by atoms with E-state index < -0.39 is 0 Å². The first-order valence-corrected chi connectivity index (χ1v) is 9.77. The number of hydrogen-bond donors (Lipinski definition) is 1. The van der Waals surface area contributed by atoms with E-state index in [0.717, 1.165) is 28.7 Å². The Labute approximate surface area is 172 Å². The zero-order chi connectivity index (χ0) is 19.1. The molecule has 0 unspecified atom stereocenters. The molecule has 3 rings (SSSR count). The maximum atomic E-state index is 5.98. The maximum Gasteiger partial charge on any atom is 0.175 e. The minimum atomic E-state index is 0.443. The number of hydrogen-bond acceptors (Lipinski definition) is 3. The van der Waals surface area contributed by atoms with Crippen molar-refractivity contribution in [2.24, 2.45) is 0 Å². The molecule has 0 saturated carbocycles. The van der Waals surface area contributed by atoms with Gasteiger partial charge >= 0.3 is 0 Å². The molecule has 0 atom stereocenters. The molecule has 2 aromatic carbocycles. The molecule has 0 fully saturated rings. The molecule has 2 N–H and O–H groups in total. The average molecular weight is 449 g/mol. The summed E-state index contributed by atoms with van der Waals surface area (Å²) in [6.45, 7) is 2.16. The molecule has 6 heteroatoms. The molecule has 0 bridgehead atoms. The minimum Gasteiger partial charge on any atom is -0.493 e. The van der Waals surface area contributed by atoms with Crippen molar-refractivity contribution in [1.29, 1.82) is 0 Å². The lowest BCUT2D eigenvalue weighted by atomic mass is 10.2. The molecule has 1 heterocycles. The Kier molecular flexibility index (Phi) is 7.10. The van der Waals surface area contributed by atoms with Crippen molar-refractivity contribution in [2.45, 2.75) is 19.7 Å². The molecule has 3 aromatic rings. The average Bonchev–Trinajstić information content (AvgIpc) is 2.69. The Balaban J connectivity index is 1.64. The summed E-state index contributed by atoms with van der Waals surface area (Å²) in [6.07, 6.45) is 3.68. The smallest absolute Gasteiger partial charge is 0.175 e. The van der Waals surface area contributed by atoms with Gasteiger partial charge in [0.1, 0.15) is 19.7 Å². The normalized spacial score (nSPS) is 10.6. The Bertz CT molecular complexity index is 873. The number of rotatable bonds is 8. The van der Waals surface area contributed by atoms with Crippen LogP contribution in [0.2, 0.25) is 5.02 Å². The third-order valence-electron chi connectivity index (χ3n) is 4.07. The molecule has 0 amide bonds. The van der Waals surface area contributed by atoms with Crippen molar-refractivity contribution < 1.29 is 14.8 Å². The first-order valence-electron chi connectivity index (χ1n) is 8.60. The summed E-state index contributed by atoms with van der Waals surface area (Å²) in [7, 11) is 1.65. The standard InChI is InChI=1S/C21H20BrClN2O2/c1-26-20-10-17(13-25-12-16-3-2-8-24-11-16)9-19(22)21(20)27-14-15-4-6-18(23)7-5-15/h2-11,25H,12-14H2,1H3/p+1. The van der Waals surface area contributed by atoms with Gasteiger partial charge < -0.3 is 14.8 Å². The van der Waals surface area contributed by atoms with Gasteiger partial charge in [-0.3, -0.25) is 4.98 Å².